The summed E-state index contributed by atoms with van der Waals surface area (Å²) in [6.45, 7) is 11.6. The van der Waals surface area contributed by atoms with Crippen molar-refractivity contribution in [2.24, 2.45) is 0 Å². The van der Waals surface area contributed by atoms with Crippen LogP contribution in [0.25, 0.3) is 11.6 Å². The van der Waals surface area contributed by atoms with Gasteiger partial charge in [-0.15, -0.1) is 0 Å². The first kappa shape index (κ1) is 24.0. The first-order chi connectivity index (χ1) is 16.1. The van der Waals surface area contributed by atoms with Gasteiger partial charge >= 0.3 is 0 Å². The number of Topliss-reactive ketones (excluding diaryl/α,β-unsaturated/α-hetero) is 1. The van der Waals surface area contributed by atoms with Crippen LogP contribution in [-0.2, 0) is 17.3 Å². The average molecular weight is 453 g/mol. The van der Waals surface area contributed by atoms with E-state index in [2.05, 4.69) is 58.9 Å². The van der Waals surface area contributed by atoms with Gasteiger partial charge in [-0.05, 0) is 76.1 Å². The Hall–Kier alpha value is -3.13. The quantitative estimate of drug-likeness (QED) is 0.279. The lowest BCUT2D eigenvalue weighted by atomic mass is 9.63. The molecular weight excluding hydrogens is 416 g/mol. The Labute approximate surface area is 204 Å². The SMILES string of the molecule is COc1ccc(CC(=O)c2ccc(/C=C(\C)c3ccc4c(c3)C(C)(C)CCC4(C)C)cc2)cc1. The highest BCUT2D eigenvalue weighted by atomic mass is 16.5. The second kappa shape index (κ2) is 9.25. The number of hydrogen-bond acceptors (Lipinski definition) is 2. The maximum Gasteiger partial charge on any atom is 0.167 e. The highest BCUT2D eigenvalue weighted by Gasteiger charge is 2.36. The van der Waals surface area contributed by atoms with E-state index in [1.807, 2.05) is 48.5 Å². The van der Waals surface area contributed by atoms with Crippen LogP contribution >= 0.6 is 0 Å². The molecule has 0 bridgehead atoms. The molecule has 0 heterocycles. The molecule has 0 amide bonds. The van der Waals surface area contributed by atoms with Crippen LogP contribution in [0.1, 0.15) is 85.6 Å². The van der Waals surface area contributed by atoms with Crippen molar-refractivity contribution in [2.45, 2.75) is 64.7 Å². The van der Waals surface area contributed by atoms with Crippen LogP contribution < -0.4 is 4.74 Å². The number of ketones is 1. The predicted molar refractivity (Wildman–Crippen MR) is 143 cm³/mol. The van der Waals surface area contributed by atoms with Crippen molar-refractivity contribution in [3.05, 3.63) is 100 Å². The summed E-state index contributed by atoms with van der Waals surface area (Å²) in [4.78, 5) is 12.7. The summed E-state index contributed by atoms with van der Waals surface area (Å²) in [5.74, 6) is 0.922. The van der Waals surface area contributed by atoms with Crippen molar-refractivity contribution in [1.82, 2.24) is 0 Å². The molecule has 176 valence electrons. The zero-order valence-electron chi connectivity index (χ0n) is 21.4. The summed E-state index contributed by atoms with van der Waals surface area (Å²) in [5, 5.41) is 0. The molecule has 0 N–H and O–H groups in total. The molecule has 0 fully saturated rings. The largest absolute Gasteiger partial charge is 0.497 e. The summed E-state index contributed by atoms with van der Waals surface area (Å²) in [6, 6.07) is 22.6. The zero-order chi connectivity index (χ0) is 24.5. The van der Waals surface area contributed by atoms with E-state index >= 15 is 0 Å². The smallest absolute Gasteiger partial charge is 0.167 e. The minimum absolute atomic E-state index is 0.122. The van der Waals surface area contributed by atoms with E-state index in [4.69, 9.17) is 4.74 Å². The number of methoxy groups -OCH3 is 1. The molecule has 0 saturated heterocycles. The first-order valence-corrected chi connectivity index (χ1v) is 12.2. The van der Waals surface area contributed by atoms with Crippen LogP contribution in [0.3, 0.4) is 0 Å². The Morgan fingerprint density at radius 3 is 2.03 bits per heavy atom. The molecule has 0 spiro atoms. The number of carbonyl (C=O) groups is 1. The molecule has 0 aliphatic heterocycles. The van der Waals surface area contributed by atoms with Crippen molar-refractivity contribution in [3.63, 3.8) is 0 Å². The van der Waals surface area contributed by atoms with Crippen molar-refractivity contribution >= 4 is 17.4 Å². The lowest BCUT2D eigenvalue weighted by Crippen LogP contribution is -2.33. The number of allylic oxidation sites excluding steroid dienone is 1. The second-order valence-corrected chi connectivity index (χ2v) is 10.9. The van der Waals surface area contributed by atoms with E-state index in [1.165, 1.54) is 35.1 Å². The fraction of sp³-hybridized carbons (Fsp3) is 0.344. The van der Waals surface area contributed by atoms with Gasteiger partial charge in [-0.3, -0.25) is 4.79 Å². The molecule has 4 rings (SSSR count). The Morgan fingerprint density at radius 2 is 1.41 bits per heavy atom. The molecular formula is C32H36O2. The molecule has 0 unspecified atom stereocenters. The fourth-order valence-electron chi connectivity index (χ4n) is 4.96. The van der Waals surface area contributed by atoms with Crippen LogP contribution in [0.2, 0.25) is 0 Å². The molecule has 3 aromatic carbocycles. The molecule has 3 aromatic rings. The Bertz CT molecular complexity index is 1210. The maximum atomic E-state index is 12.7. The monoisotopic (exact) mass is 452 g/mol. The second-order valence-electron chi connectivity index (χ2n) is 10.9. The predicted octanol–water partition coefficient (Wildman–Crippen LogP) is 8.03. The van der Waals surface area contributed by atoms with Crippen LogP contribution in [-0.4, -0.2) is 12.9 Å². The van der Waals surface area contributed by atoms with Gasteiger partial charge in [0.05, 0.1) is 7.11 Å². The minimum Gasteiger partial charge on any atom is -0.497 e. The van der Waals surface area contributed by atoms with Gasteiger partial charge in [-0.1, -0.05) is 88.4 Å². The number of hydrogen-bond donors (Lipinski definition) is 0. The Balaban J connectivity index is 1.51. The van der Waals surface area contributed by atoms with Crippen molar-refractivity contribution in [2.75, 3.05) is 7.11 Å². The van der Waals surface area contributed by atoms with Crippen molar-refractivity contribution in [1.29, 1.82) is 0 Å². The number of benzene rings is 3. The Morgan fingerprint density at radius 1 is 0.824 bits per heavy atom. The Kier molecular flexibility index (Phi) is 6.53. The molecule has 0 aromatic heterocycles. The van der Waals surface area contributed by atoms with Crippen LogP contribution in [0.15, 0.2) is 66.7 Å². The lowest BCUT2D eigenvalue weighted by Gasteiger charge is -2.42. The normalized spacial score (nSPS) is 16.6. The van der Waals surface area contributed by atoms with E-state index in [1.54, 1.807) is 7.11 Å². The van der Waals surface area contributed by atoms with Gasteiger partial charge in [-0.25, -0.2) is 0 Å². The molecule has 2 nitrogen and oxygen atoms in total. The van der Waals surface area contributed by atoms with Crippen LogP contribution in [0, 0.1) is 0 Å². The first-order valence-electron chi connectivity index (χ1n) is 12.2. The van der Waals surface area contributed by atoms with E-state index in [0.29, 0.717) is 6.42 Å². The van der Waals surface area contributed by atoms with Gasteiger partial charge in [0.2, 0.25) is 0 Å². The molecule has 34 heavy (non-hydrogen) atoms. The third kappa shape index (κ3) is 5.01. The van der Waals surface area contributed by atoms with Gasteiger partial charge in [0, 0.05) is 12.0 Å². The summed E-state index contributed by atoms with van der Waals surface area (Å²) >= 11 is 0. The topological polar surface area (TPSA) is 26.3 Å². The fourth-order valence-corrected chi connectivity index (χ4v) is 4.96. The van der Waals surface area contributed by atoms with Crippen molar-refractivity contribution < 1.29 is 9.53 Å². The van der Waals surface area contributed by atoms with E-state index in [-0.39, 0.29) is 16.6 Å². The van der Waals surface area contributed by atoms with E-state index in [0.717, 1.165) is 22.4 Å². The van der Waals surface area contributed by atoms with Crippen LogP contribution in [0.4, 0.5) is 0 Å². The van der Waals surface area contributed by atoms with Gasteiger partial charge in [0.1, 0.15) is 5.75 Å². The zero-order valence-corrected chi connectivity index (χ0v) is 21.4. The van der Waals surface area contributed by atoms with E-state index < -0.39 is 0 Å². The molecule has 0 atom stereocenters. The number of carbonyl (C=O) groups excluding carboxylic acids is 1. The molecule has 1 aliphatic rings. The summed E-state index contributed by atoms with van der Waals surface area (Å²) in [7, 11) is 1.64. The third-order valence-electron chi connectivity index (χ3n) is 7.45. The summed E-state index contributed by atoms with van der Waals surface area (Å²) < 4.78 is 5.19. The molecule has 1 aliphatic carbocycles. The van der Waals surface area contributed by atoms with E-state index in [9.17, 15) is 4.79 Å². The standard InChI is InChI=1S/C32H36O2/c1-22(26-13-16-28-29(21-26)32(4,5)18-17-31(28,2)3)19-23-7-11-25(12-8-23)30(33)20-24-9-14-27(34-6)15-10-24/h7-16,19,21H,17-18,20H2,1-6H3/b22-19+. The van der Waals surface area contributed by atoms with Gasteiger partial charge in [0.15, 0.2) is 5.78 Å². The number of ether oxygens (including phenoxy) is 1. The molecule has 0 radical (unpaired) electrons. The summed E-state index contributed by atoms with van der Waals surface area (Å²) in [6.07, 6.45) is 5.04. The van der Waals surface area contributed by atoms with Gasteiger partial charge in [0.25, 0.3) is 0 Å². The van der Waals surface area contributed by atoms with Gasteiger partial charge in [-0.2, -0.15) is 0 Å². The maximum absolute atomic E-state index is 12.7. The molecule has 2 heteroatoms. The lowest BCUT2D eigenvalue weighted by molar-refractivity contribution is 0.0993. The minimum atomic E-state index is 0.122. The molecule has 0 saturated carbocycles. The van der Waals surface area contributed by atoms with Crippen LogP contribution in [0.5, 0.6) is 5.75 Å². The average Bonchev–Trinajstić information content (AvgIpc) is 2.83. The number of rotatable bonds is 6. The highest BCUT2D eigenvalue weighted by Crippen LogP contribution is 2.46. The third-order valence-corrected chi connectivity index (χ3v) is 7.45. The summed E-state index contributed by atoms with van der Waals surface area (Å²) in [5.41, 5.74) is 8.74. The highest BCUT2D eigenvalue weighted by molar-refractivity contribution is 5.97. The van der Waals surface area contributed by atoms with Crippen molar-refractivity contribution in [3.8, 4) is 5.75 Å². The number of fused-ring (bicyclic) bond motifs is 1. The van der Waals surface area contributed by atoms with Gasteiger partial charge < -0.3 is 4.74 Å².